The molecule has 148 valence electrons. The molecule has 0 N–H and O–H groups in total. The Kier molecular flexibility index (Phi) is 22.7. The minimum absolute atomic E-state index is 0.389. The standard InChI is InChI=1S/C8H13BOS.C2H5BS.2B11/c10-6-2-1-3-7(4-6)11-8-5-9-8;4-2-1-3-2;2*1-7-10(6)11(8(2)3)9(4)5/h7-9H,1-5H2;2-4H,1H2;;. The number of hydrogen-bond acceptors (Lipinski definition) is 3. The summed E-state index contributed by atoms with van der Waals surface area (Å²) in [7, 11) is 69.7. The van der Waals surface area contributed by atoms with E-state index in [1.807, 2.05) is 0 Å². The Bertz CT molecular complexity index is 550. The molecule has 3 aliphatic rings. The molecule has 1 nitrogen and oxygen atoms in total. The van der Waals surface area contributed by atoms with Crippen molar-refractivity contribution in [3.63, 3.8) is 0 Å². The Labute approximate surface area is 259 Å². The summed E-state index contributed by atoms with van der Waals surface area (Å²) < 4.78 is 0. The van der Waals surface area contributed by atoms with Gasteiger partial charge in [0.2, 0.25) is 0 Å². The van der Waals surface area contributed by atoms with Crippen LogP contribution in [0.15, 0.2) is 0 Å². The van der Waals surface area contributed by atoms with Crippen molar-refractivity contribution in [3.8, 4) is 0 Å². The Hall–Kier alpha value is 1.93. The zero-order chi connectivity index (χ0) is 28.7. The molecule has 26 radical (unpaired) electrons. The maximum Gasteiger partial charge on any atom is 0.136 e. The summed E-state index contributed by atoms with van der Waals surface area (Å²) in [6, 6.07) is 0. The van der Waals surface area contributed by atoms with Crippen LogP contribution < -0.4 is 0 Å². The molecule has 0 amide bonds. The van der Waals surface area contributed by atoms with Gasteiger partial charge in [-0.15, -0.1) is 0 Å². The van der Waals surface area contributed by atoms with Gasteiger partial charge in [-0.1, -0.05) is 12.6 Å². The molecule has 2 saturated heterocycles. The first-order chi connectivity index (χ1) is 17.2. The van der Waals surface area contributed by atoms with Crippen LogP contribution in [0.2, 0.25) is 12.6 Å². The van der Waals surface area contributed by atoms with E-state index in [2.05, 4.69) is 24.4 Å². The van der Waals surface area contributed by atoms with Gasteiger partial charge in [-0.2, -0.15) is 24.4 Å². The van der Waals surface area contributed by atoms with E-state index in [1.165, 1.54) is 47.7 Å². The molecule has 0 aromatic rings. The molecule has 37 heavy (non-hydrogen) atoms. The molecule has 0 aromatic heterocycles. The smallest absolute Gasteiger partial charge is 0.136 e. The highest BCUT2D eigenvalue weighted by molar-refractivity contribution is 8.03. The van der Waals surface area contributed by atoms with Gasteiger partial charge in [0.05, 0.1) is 0 Å². The van der Waals surface area contributed by atoms with E-state index < -0.39 is 38.3 Å². The van der Waals surface area contributed by atoms with Gasteiger partial charge < -0.3 is 0 Å². The molecule has 27 heteroatoms. The summed E-state index contributed by atoms with van der Waals surface area (Å²) in [5.41, 5.74) is 0. The highest BCUT2D eigenvalue weighted by Gasteiger charge is 2.30. The van der Waals surface area contributed by atoms with E-state index >= 15 is 0 Å². The Morgan fingerprint density at radius 3 is 1.38 bits per heavy atom. The van der Waals surface area contributed by atoms with Crippen molar-refractivity contribution >= 4 is 203 Å². The molecule has 2 aliphatic heterocycles. The second kappa shape index (κ2) is 21.6. The molecule has 1 aliphatic carbocycles. The molecule has 3 fully saturated rings. The molecular formula is C10H18B24OS2. The van der Waals surface area contributed by atoms with Crippen molar-refractivity contribution in [2.45, 2.75) is 53.9 Å². The number of thioether (sulfide) groups is 1. The number of ketones is 1. The first-order valence-corrected chi connectivity index (χ1v) is 14.2. The van der Waals surface area contributed by atoms with Crippen LogP contribution >= 0.6 is 24.4 Å². The second-order valence-corrected chi connectivity index (χ2v) is 12.2. The van der Waals surface area contributed by atoms with Crippen molar-refractivity contribution in [2.24, 2.45) is 0 Å². The van der Waals surface area contributed by atoms with Crippen LogP contribution in [0, 0.1) is 0 Å². The zero-order valence-electron chi connectivity index (χ0n) is 21.9. The van der Waals surface area contributed by atoms with Crippen LogP contribution in [0.4, 0.5) is 0 Å². The Morgan fingerprint density at radius 2 is 1.16 bits per heavy atom. The Balaban J connectivity index is 0.000000487. The van der Waals surface area contributed by atoms with E-state index in [0.29, 0.717) is 11.0 Å². The van der Waals surface area contributed by atoms with Crippen LogP contribution in [0.25, 0.3) is 0 Å². The van der Waals surface area contributed by atoms with Crippen LogP contribution in [0.5, 0.6) is 0 Å². The van der Waals surface area contributed by atoms with Gasteiger partial charge in [-0.25, -0.2) is 0 Å². The minimum Gasteiger partial charge on any atom is -0.300 e. The third-order valence-corrected chi connectivity index (χ3v) is 8.16. The molecule has 3 unspecified atom stereocenters. The molecule has 3 atom stereocenters. The fourth-order valence-electron chi connectivity index (χ4n) is 3.45. The normalized spacial score (nSPS) is 19.9. The lowest BCUT2D eigenvalue weighted by Crippen LogP contribution is -2.63. The van der Waals surface area contributed by atoms with Crippen LogP contribution in [-0.4, -0.2) is 194 Å². The third kappa shape index (κ3) is 19.6. The molecule has 3 rings (SSSR count). The van der Waals surface area contributed by atoms with E-state index in [9.17, 15) is 4.79 Å². The highest BCUT2D eigenvalue weighted by atomic mass is 32.2. The molecule has 2 heterocycles. The van der Waals surface area contributed by atoms with Gasteiger partial charge in [0.15, 0.2) is 0 Å². The molecule has 1 saturated carbocycles. The second-order valence-electron chi connectivity index (χ2n) is 9.83. The van der Waals surface area contributed by atoms with Gasteiger partial charge >= 0.3 is 0 Å². The summed E-state index contributed by atoms with van der Waals surface area (Å²) >= 11 is 6.15. The third-order valence-electron chi connectivity index (χ3n) is 6.00. The van der Waals surface area contributed by atoms with E-state index in [4.69, 9.17) is 92.8 Å². The van der Waals surface area contributed by atoms with Gasteiger partial charge in [-0.05, 0) is 23.1 Å². The minimum atomic E-state index is -0.648. The topological polar surface area (TPSA) is 17.1 Å². The first kappa shape index (κ1) is 38.9. The van der Waals surface area contributed by atoms with E-state index in [0.717, 1.165) is 29.6 Å². The molecular weight excluding hydrogens is 460 g/mol. The monoisotopic (exact) mass is 482 g/mol. The zero-order valence-corrected chi connectivity index (χ0v) is 23.6. The lowest BCUT2D eigenvalue weighted by Gasteiger charge is -2.25. The fourth-order valence-corrected chi connectivity index (χ4v) is 5.13. The van der Waals surface area contributed by atoms with Gasteiger partial charge in [0.25, 0.3) is 0 Å². The fraction of sp³-hybridized carbons (Fsp3) is 0.900. The first-order valence-electron chi connectivity index (χ1n) is 12.8. The maximum absolute atomic E-state index is 11.1. The van der Waals surface area contributed by atoms with Crippen molar-refractivity contribution < 1.29 is 4.79 Å². The summed E-state index contributed by atoms with van der Waals surface area (Å²) in [5.74, 6) is 0.495. The number of hydrogen-bond donors (Lipinski definition) is 1. The predicted octanol–water partition coefficient (Wildman–Crippen LogP) is -6.84. The van der Waals surface area contributed by atoms with Gasteiger partial charge in [0, 0.05) is 176 Å². The molecule has 0 aromatic carbocycles. The molecule has 0 spiro atoms. The van der Waals surface area contributed by atoms with Crippen molar-refractivity contribution in [3.05, 3.63) is 0 Å². The highest BCUT2D eigenvalue weighted by Crippen LogP contribution is 2.36. The lowest BCUT2D eigenvalue weighted by molar-refractivity contribution is -0.120. The average molecular weight is 478 g/mol. The number of Topliss-reactive ketones (excluding diaryl/α,β-unsaturated/α-hetero) is 1. The van der Waals surface area contributed by atoms with E-state index in [-0.39, 0.29) is 12.8 Å². The summed E-state index contributed by atoms with van der Waals surface area (Å²) in [6.45, 7) is 0. The molecule has 0 bridgehead atoms. The van der Waals surface area contributed by atoms with Crippen LogP contribution in [0.1, 0.15) is 25.7 Å². The van der Waals surface area contributed by atoms with Crippen LogP contribution in [0.3, 0.4) is 0 Å². The van der Waals surface area contributed by atoms with Crippen LogP contribution in [-0.2, 0) is 4.79 Å². The van der Waals surface area contributed by atoms with Crippen molar-refractivity contribution in [1.29, 1.82) is 0 Å². The van der Waals surface area contributed by atoms with E-state index in [1.54, 1.807) is 0 Å². The Morgan fingerprint density at radius 1 is 0.784 bits per heavy atom. The maximum atomic E-state index is 11.1. The summed E-state index contributed by atoms with van der Waals surface area (Å²) in [5, 5.41) is 2.38. The lowest BCUT2D eigenvalue weighted by atomic mass is 8.56. The van der Waals surface area contributed by atoms with Gasteiger partial charge in [-0.3, -0.25) is 4.79 Å². The number of carbonyl (C=O) groups excluding carboxylic acids is 1. The summed E-state index contributed by atoms with van der Waals surface area (Å²) in [6.07, 6.45) is 2.59. The number of rotatable bonds is 10. The quantitative estimate of drug-likeness (QED) is 0.249. The number of thiol groups is 1. The van der Waals surface area contributed by atoms with Gasteiger partial charge in [0.1, 0.15) is 20.3 Å². The van der Waals surface area contributed by atoms with Crippen molar-refractivity contribution in [2.75, 3.05) is 0 Å². The SMILES string of the molecule is O=C1CCCC(SC2BC2)C1.SC1BC1.[B][B]B([B])B(B([B])[B])B([B])[B].[B][B]B([B])B(B([B])[B])B([B])[B]. The average Bonchev–Trinajstić information content (AvgIpc) is 3.73. The predicted molar refractivity (Wildman–Crippen MR) is 202 cm³/mol. The van der Waals surface area contributed by atoms with Crippen molar-refractivity contribution in [1.82, 2.24) is 0 Å². The largest absolute Gasteiger partial charge is 0.300 e. The summed E-state index contributed by atoms with van der Waals surface area (Å²) in [4.78, 5) is 11.1. The number of carbonyl (C=O) groups is 1.